The molecule has 5 nitrogen and oxygen atoms in total. The van der Waals surface area contributed by atoms with Crippen LogP contribution in [-0.2, 0) is 14.3 Å². The Morgan fingerprint density at radius 2 is 1.64 bits per heavy atom. The van der Waals surface area contributed by atoms with Gasteiger partial charge in [0, 0.05) is 12.8 Å². The number of ether oxygens (including phenoxy) is 3. The van der Waals surface area contributed by atoms with E-state index in [1.807, 2.05) is 39.8 Å². The van der Waals surface area contributed by atoms with Crippen LogP contribution in [0.3, 0.4) is 0 Å². The molecule has 0 aliphatic heterocycles. The van der Waals surface area contributed by atoms with Gasteiger partial charge in [-0.05, 0) is 35.6 Å². The molecule has 0 saturated heterocycles. The lowest BCUT2D eigenvalue weighted by Gasteiger charge is -2.11. The maximum absolute atomic E-state index is 11.8. The minimum atomic E-state index is -0.284. The first kappa shape index (κ1) is 20.7. The number of methoxy groups -OCH3 is 1. The summed E-state index contributed by atoms with van der Waals surface area (Å²) in [5, 5.41) is 0. The predicted octanol–water partition coefficient (Wildman–Crippen LogP) is 4.25. The third-order valence-corrected chi connectivity index (χ3v) is 3.21. The molecule has 0 aliphatic rings. The summed E-state index contributed by atoms with van der Waals surface area (Å²) in [5.41, 5.74) is 0.861. The SMILES string of the molecule is COc1cc(C=CCOC(=O)CC(C)C)ccc1OC(=O)CC(C)C. The topological polar surface area (TPSA) is 61.8 Å². The second kappa shape index (κ2) is 10.5. The molecule has 138 valence electrons. The van der Waals surface area contributed by atoms with E-state index in [-0.39, 0.29) is 30.4 Å². The van der Waals surface area contributed by atoms with E-state index in [4.69, 9.17) is 14.2 Å². The van der Waals surface area contributed by atoms with E-state index in [1.54, 1.807) is 18.2 Å². The van der Waals surface area contributed by atoms with E-state index < -0.39 is 0 Å². The van der Waals surface area contributed by atoms with E-state index in [2.05, 4.69) is 0 Å². The first-order valence-electron chi connectivity index (χ1n) is 8.52. The Hall–Kier alpha value is -2.30. The molecule has 5 heteroatoms. The van der Waals surface area contributed by atoms with Crippen LogP contribution >= 0.6 is 0 Å². The largest absolute Gasteiger partial charge is 0.493 e. The van der Waals surface area contributed by atoms with Gasteiger partial charge < -0.3 is 14.2 Å². The summed E-state index contributed by atoms with van der Waals surface area (Å²) in [7, 11) is 1.52. The number of rotatable bonds is 9. The first-order chi connectivity index (χ1) is 11.8. The first-order valence-corrected chi connectivity index (χ1v) is 8.52. The van der Waals surface area contributed by atoms with Gasteiger partial charge in [-0.25, -0.2) is 0 Å². The molecule has 0 unspecified atom stereocenters. The van der Waals surface area contributed by atoms with Crippen LogP contribution in [-0.4, -0.2) is 25.7 Å². The molecule has 1 rings (SSSR count). The molecule has 0 heterocycles. The summed E-state index contributed by atoms with van der Waals surface area (Å²) in [4.78, 5) is 23.3. The summed E-state index contributed by atoms with van der Waals surface area (Å²) in [6.07, 6.45) is 4.35. The Morgan fingerprint density at radius 1 is 1.00 bits per heavy atom. The van der Waals surface area contributed by atoms with Crippen molar-refractivity contribution in [2.24, 2.45) is 11.8 Å². The van der Waals surface area contributed by atoms with Crippen molar-refractivity contribution in [3.8, 4) is 11.5 Å². The smallest absolute Gasteiger partial charge is 0.311 e. The average Bonchev–Trinajstić information content (AvgIpc) is 2.51. The number of carbonyl (C=O) groups is 2. The normalized spacial score (nSPS) is 11.2. The van der Waals surface area contributed by atoms with E-state index in [9.17, 15) is 9.59 Å². The Kier molecular flexibility index (Phi) is 8.75. The lowest BCUT2D eigenvalue weighted by Crippen LogP contribution is -2.11. The highest BCUT2D eigenvalue weighted by atomic mass is 16.6. The van der Waals surface area contributed by atoms with Crippen LogP contribution in [0, 0.1) is 11.8 Å². The molecule has 0 spiro atoms. The minimum Gasteiger partial charge on any atom is -0.493 e. The van der Waals surface area contributed by atoms with Crippen LogP contribution in [0.4, 0.5) is 0 Å². The summed E-state index contributed by atoms with van der Waals surface area (Å²) < 4.78 is 15.7. The van der Waals surface area contributed by atoms with Crippen molar-refractivity contribution in [2.45, 2.75) is 40.5 Å². The lowest BCUT2D eigenvalue weighted by molar-refractivity contribution is -0.143. The molecule has 25 heavy (non-hydrogen) atoms. The molecule has 0 amide bonds. The van der Waals surface area contributed by atoms with Gasteiger partial charge in [0.15, 0.2) is 11.5 Å². The summed E-state index contributed by atoms with van der Waals surface area (Å²) >= 11 is 0. The molecule has 0 bridgehead atoms. The van der Waals surface area contributed by atoms with Crippen molar-refractivity contribution in [1.29, 1.82) is 0 Å². The highest BCUT2D eigenvalue weighted by molar-refractivity contribution is 5.74. The molecule has 0 saturated carbocycles. The van der Waals surface area contributed by atoms with Crippen LogP contribution < -0.4 is 9.47 Å². The summed E-state index contributed by atoms with van der Waals surface area (Å²) in [6.45, 7) is 8.08. The molecular weight excluding hydrogens is 320 g/mol. The lowest BCUT2D eigenvalue weighted by atomic mass is 10.1. The molecule has 0 aliphatic carbocycles. The number of benzene rings is 1. The Bertz CT molecular complexity index is 602. The van der Waals surface area contributed by atoms with E-state index in [0.717, 1.165) is 5.56 Å². The fraction of sp³-hybridized carbons (Fsp3) is 0.500. The van der Waals surface area contributed by atoms with E-state index in [1.165, 1.54) is 7.11 Å². The van der Waals surface area contributed by atoms with Crippen molar-refractivity contribution in [3.63, 3.8) is 0 Å². The van der Waals surface area contributed by atoms with E-state index in [0.29, 0.717) is 24.3 Å². The fourth-order valence-electron chi connectivity index (χ4n) is 2.09. The van der Waals surface area contributed by atoms with Crippen LogP contribution in [0.15, 0.2) is 24.3 Å². The highest BCUT2D eigenvalue weighted by Crippen LogP contribution is 2.29. The maximum atomic E-state index is 11.8. The van der Waals surface area contributed by atoms with Gasteiger partial charge in [-0.1, -0.05) is 39.8 Å². The molecule has 0 fully saturated rings. The second-order valence-electron chi connectivity index (χ2n) is 6.67. The summed E-state index contributed by atoms with van der Waals surface area (Å²) in [5.74, 6) is 0.911. The van der Waals surface area contributed by atoms with Gasteiger partial charge in [0.25, 0.3) is 0 Å². The van der Waals surface area contributed by atoms with Crippen LogP contribution in [0.2, 0.25) is 0 Å². The van der Waals surface area contributed by atoms with Crippen molar-refractivity contribution in [3.05, 3.63) is 29.8 Å². The molecule has 0 atom stereocenters. The predicted molar refractivity (Wildman–Crippen MR) is 97.5 cm³/mol. The molecule has 1 aromatic rings. The zero-order chi connectivity index (χ0) is 18.8. The van der Waals surface area contributed by atoms with Crippen molar-refractivity contribution in [2.75, 3.05) is 13.7 Å². The zero-order valence-electron chi connectivity index (χ0n) is 15.7. The number of hydrogen-bond acceptors (Lipinski definition) is 5. The van der Waals surface area contributed by atoms with Gasteiger partial charge in [-0.15, -0.1) is 0 Å². The van der Waals surface area contributed by atoms with E-state index >= 15 is 0 Å². The Balaban J connectivity index is 2.63. The van der Waals surface area contributed by atoms with Crippen molar-refractivity contribution < 1.29 is 23.8 Å². The quantitative estimate of drug-likeness (QED) is 0.493. The van der Waals surface area contributed by atoms with Gasteiger partial charge in [0.2, 0.25) is 0 Å². The van der Waals surface area contributed by atoms with Gasteiger partial charge in [0.1, 0.15) is 6.61 Å². The van der Waals surface area contributed by atoms with Gasteiger partial charge in [-0.3, -0.25) is 9.59 Å². The maximum Gasteiger partial charge on any atom is 0.311 e. The number of carbonyl (C=O) groups excluding carboxylic acids is 2. The third kappa shape index (κ3) is 8.38. The number of hydrogen-bond donors (Lipinski definition) is 0. The average molecular weight is 348 g/mol. The van der Waals surface area contributed by atoms with Crippen molar-refractivity contribution in [1.82, 2.24) is 0 Å². The zero-order valence-corrected chi connectivity index (χ0v) is 15.7. The molecule has 0 N–H and O–H groups in total. The molecule has 0 radical (unpaired) electrons. The molecular formula is C20H28O5. The minimum absolute atomic E-state index is 0.204. The van der Waals surface area contributed by atoms with Crippen LogP contribution in [0.5, 0.6) is 11.5 Å². The number of esters is 2. The fourth-order valence-corrected chi connectivity index (χ4v) is 2.09. The second-order valence-corrected chi connectivity index (χ2v) is 6.67. The molecule has 1 aromatic carbocycles. The van der Waals surface area contributed by atoms with Gasteiger partial charge in [-0.2, -0.15) is 0 Å². The Morgan fingerprint density at radius 3 is 2.24 bits per heavy atom. The van der Waals surface area contributed by atoms with Crippen LogP contribution in [0.1, 0.15) is 46.1 Å². The van der Waals surface area contributed by atoms with Gasteiger partial charge >= 0.3 is 11.9 Å². The Labute approximate surface area is 150 Å². The summed E-state index contributed by atoms with van der Waals surface area (Å²) in [6, 6.07) is 5.28. The third-order valence-electron chi connectivity index (χ3n) is 3.21. The van der Waals surface area contributed by atoms with Gasteiger partial charge in [0.05, 0.1) is 7.11 Å². The standard InChI is InChI=1S/C20H28O5/c1-14(2)11-19(21)24-10-6-7-16-8-9-17(18(13-16)23-5)25-20(22)12-15(3)4/h6-9,13-15H,10-12H2,1-5H3. The van der Waals surface area contributed by atoms with Crippen molar-refractivity contribution >= 4 is 18.0 Å². The molecule has 0 aromatic heterocycles. The van der Waals surface area contributed by atoms with Crippen LogP contribution in [0.25, 0.3) is 6.08 Å². The monoisotopic (exact) mass is 348 g/mol. The highest BCUT2D eigenvalue weighted by Gasteiger charge is 2.12.